The van der Waals surface area contributed by atoms with Crippen LogP contribution in [0.25, 0.3) is 43.9 Å². The molecule has 39 heavy (non-hydrogen) atoms. The Hall–Kier alpha value is -4.51. The van der Waals surface area contributed by atoms with E-state index in [1.54, 1.807) is 13.8 Å². The van der Waals surface area contributed by atoms with Gasteiger partial charge < -0.3 is 9.47 Å². The van der Waals surface area contributed by atoms with Gasteiger partial charge in [-0.15, -0.1) is 0 Å². The molecule has 0 fully saturated rings. The summed E-state index contributed by atoms with van der Waals surface area (Å²) in [5, 5.41) is 3.12. The van der Waals surface area contributed by atoms with Gasteiger partial charge in [-0.2, -0.15) is 0 Å². The summed E-state index contributed by atoms with van der Waals surface area (Å²) in [6, 6.07) is 28.5. The van der Waals surface area contributed by atoms with E-state index < -0.39 is 17.4 Å². The molecule has 0 atom stereocenters. The molecule has 0 amide bonds. The van der Waals surface area contributed by atoms with Gasteiger partial charge in [0.1, 0.15) is 0 Å². The number of pyridine rings is 1. The number of aromatic nitrogens is 1. The molecular formula is C34H29NO4. The molecule has 1 heterocycles. The Morgan fingerprint density at radius 3 is 1.82 bits per heavy atom. The standard InChI is InChI=1S/C34H29NO4/c1-3-38-32(36)34(33(37)39-4-2)19-26-27(20-34)29(23-15-9-6-10-16-23)31-30(28(26)22-13-7-5-8-14-22)25-18-12-11-17-24(25)21-35-31/h5-18,21H,3-4,19-20H2,1-2H3. The third kappa shape index (κ3) is 3.97. The first kappa shape index (κ1) is 24.8. The molecule has 0 saturated carbocycles. The van der Waals surface area contributed by atoms with Gasteiger partial charge in [-0.25, -0.2) is 0 Å². The topological polar surface area (TPSA) is 65.5 Å². The minimum Gasteiger partial charge on any atom is -0.465 e. The summed E-state index contributed by atoms with van der Waals surface area (Å²) in [6.45, 7) is 3.88. The maximum atomic E-state index is 13.6. The number of ether oxygens (including phenoxy) is 2. The van der Waals surface area contributed by atoms with Gasteiger partial charge in [0.2, 0.25) is 0 Å². The molecule has 0 unspecified atom stereocenters. The number of fused-ring (bicyclic) bond motifs is 4. The Morgan fingerprint density at radius 2 is 1.23 bits per heavy atom. The monoisotopic (exact) mass is 515 g/mol. The van der Waals surface area contributed by atoms with Crippen LogP contribution < -0.4 is 0 Å². The number of hydrogen-bond donors (Lipinski definition) is 0. The van der Waals surface area contributed by atoms with Crippen LogP contribution in [0.2, 0.25) is 0 Å². The van der Waals surface area contributed by atoms with Crippen LogP contribution in [0.1, 0.15) is 25.0 Å². The fourth-order valence-electron chi connectivity index (χ4n) is 6.01. The smallest absolute Gasteiger partial charge is 0.324 e. The van der Waals surface area contributed by atoms with Crippen LogP contribution in [0.5, 0.6) is 0 Å². The number of benzene rings is 4. The third-order valence-electron chi connectivity index (χ3n) is 7.67. The third-order valence-corrected chi connectivity index (χ3v) is 7.67. The van der Waals surface area contributed by atoms with E-state index in [1.165, 1.54) is 0 Å². The highest BCUT2D eigenvalue weighted by Crippen LogP contribution is 2.51. The second-order valence-corrected chi connectivity index (χ2v) is 9.88. The van der Waals surface area contributed by atoms with E-state index in [-0.39, 0.29) is 26.1 Å². The molecule has 0 bridgehead atoms. The van der Waals surface area contributed by atoms with Crippen LogP contribution in [0, 0.1) is 5.41 Å². The maximum Gasteiger partial charge on any atom is 0.324 e. The molecule has 5 nitrogen and oxygen atoms in total. The Bertz CT molecular complexity index is 1690. The Kier molecular flexibility index (Phi) is 6.35. The van der Waals surface area contributed by atoms with Gasteiger partial charge in [-0.3, -0.25) is 14.6 Å². The SMILES string of the molecule is CCOC(=O)C1(C(=O)OCC)Cc2c(c(-c3ccccc3)c3c(ncc4ccccc43)c2-c2ccccc2)C1. The van der Waals surface area contributed by atoms with Crippen molar-refractivity contribution in [1.29, 1.82) is 0 Å². The van der Waals surface area contributed by atoms with Crippen molar-refractivity contribution in [3.8, 4) is 22.3 Å². The highest BCUT2D eigenvalue weighted by molar-refractivity contribution is 6.19. The number of carbonyl (C=O) groups is 2. The predicted octanol–water partition coefficient (Wildman–Crippen LogP) is 6.93. The number of carbonyl (C=O) groups excluding carboxylic acids is 2. The van der Waals surface area contributed by atoms with Gasteiger partial charge in [-0.1, -0.05) is 84.9 Å². The first-order chi connectivity index (χ1) is 19.1. The minimum atomic E-state index is -1.46. The van der Waals surface area contributed by atoms with Gasteiger partial charge in [0.05, 0.1) is 18.7 Å². The summed E-state index contributed by atoms with van der Waals surface area (Å²) in [5.41, 5.74) is 5.24. The molecule has 6 rings (SSSR count). The first-order valence-corrected chi connectivity index (χ1v) is 13.4. The van der Waals surface area contributed by atoms with E-state index in [9.17, 15) is 9.59 Å². The van der Waals surface area contributed by atoms with Gasteiger partial charge >= 0.3 is 11.9 Å². The van der Waals surface area contributed by atoms with Gasteiger partial charge in [0.25, 0.3) is 0 Å². The van der Waals surface area contributed by atoms with Crippen molar-refractivity contribution in [3.05, 3.63) is 102 Å². The molecule has 0 N–H and O–H groups in total. The summed E-state index contributed by atoms with van der Waals surface area (Å²) in [7, 11) is 0. The fourth-order valence-corrected chi connectivity index (χ4v) is 6.01. The van der Waals surface area contributed by atoms with Gasteiger partial charge in [0.15, 0.2) is 5.41 Å². The second kappa shape index (κ2) is 9.99. The van der Waals surface area contributed by atoms with Crippen molar-refractivity contribution in [1.82, 2.24) is 4.98 Å². The highest BCUT2D eigenvalue weighted by atomic mass is 16.6. The van der Waals surface area contributed by atoms with Crippen LogP contribution in [-0.2, 0) is 31.9 Å². The molecule has 0 saturated heterocycles. The predicted molar refractivity (Wildman–Crippen MR) is 153 cm³/mol. The van der Waals surface area contributed by atoms with Crippen LogP contribution in [0.3, 0.4) is 0 Å². The molecule has 5 aromatic rings. The highest BCUT2D eigenvalue weighted by Gasteiger charge is 2.54. The largest absolute Gasteiger partial charge is 0.465 e. The molecular weight excluding hydrogens is 486 g/mol. The van der Waals surface area contributed by atoms with Crippen molar-refractivity contribution in [2.24, 2.45) is 5.41 Å². The molecule has 1 aliphatic rings. The number of hydrogen-bond acceptors (Lipinski definition) is 5. The van der Waals surface area contributed by atoms with Gasteiger partial charge in [0, 0.05) is 35.4 Å². The van der Waals surface area contributed by atoms with Crippen molar-refractivity contribution in [2.45, 2.75) is 26.7 Å². The van der Waals surface area contributed by atoms with E-state index in [0.29, 0.717) is 0 Å². The normalized spacial score (nSPS) is 13.8. The summed E-state index contributed by atoms with van der Waals surface area (Å²) < 4.78 is 11.1. The number of rotatable bonds is 6. The maximum absolute atomic E-state index is 13.6. The number of esters is 2. The zero-order valence-electron chi connectivity index (χ0n) is 22.1. The van der Waals surface area contributed by atoms with Crippen molar-refractivity contribution >= 4 is 33.6 Å². The lowest BCUT2D eigenvalue weighted by molar-refractivity contribution is -0.171. The van der Waals surface area contributed by atoms with Gasteiger partial charge in [-0.05, 0) is 47.1 Å². The Morgan fingerprint density at radius 1 is 0.718 bits per heavy atom. The summed E-state index contributed by atoms with van der Waals surface area (Å²) in [4.78, 5) is 32.3. The van der Waals surface area contributed by atoms with E-state index >= 15 is 0 Å². The Labute approximate surface area is 227 Å². The van der Waals surface area contributed by atoms with E-state index in [4.69, 9.17) is 14.5 Å². The quantitative estimate of drug-likeness (QED) is 0.139. The average Bonchev–Trinajstić information content (AvgIpc) is 3.38. The van der Waals surface area contributed by atoms with Crippen LogP contribution in [0.4, 0.5) is 0 Å². The van der Waals surface area contributed by atoms with E-state index in [1.807, 2.05) is 54.7 Å². The molecule has 0 aliphatic heterocycles. The summed E-state index contributed by atoms with van der Waals surface area (Å²) in [5.74, 6) is -1.08. The van der Waals surface area contributed by atoms with Crippen LogP contribution in [-0.4, -0.2) is 30.1 Å². The zero-order valence-corrected chi connectivity index (χ0v) is 22.1. The minimum absolute atomic E-state index is 0.182. The van der Waals surface area contributed by atoms with Crippen LogP contribution >= 0.6 is 0 Å². The lowest BCUT2D eigenvalue weighted by atomic mass is 9.84. The molecule has 5 heteroatoms. The molecule has 0 radical (unpaired) electrons. The summed E-state index contributed by atoms with van der Waals surface area (Å²) in [6.07, 6.45) is 2.29. The van der Waals surface area contributed by atoms with E-state index in [2.05, 4.69) is 36.4 Å². The fraction of sp³-hybridized carbons (Fsp3) is 0.206. The van der Waals surface area contributed by atoms with Crippen molar-refractivity contribution in [2.75, 3.05) is 13.2 Å². The second-order valence-electron chi connectivity index (χ2n) is 9.88. The molecule has 0 spiro atoms. The van der Waals surface area contributed by atoms with E-state index in [0.717, 1.165) is 55.1 Å². The van der Waals surface area contributed by atoms with Crippen LogP contribution in [0.15, 0.2) is 91.1 Å². The molecule has 1 aromatic heterocycles. The van der Waals surface area contributed by atoms with Crippen molar-refractivity contribution < 1.29 is 19.1 Å². The lowest BCUT2D eigenvalue weighted by Crippen LogP contribution is -2.43. The average molecular weight is 516 g/mol. The molecule has 1 aliphatic carbocycles. The molecule has 194 valence electrons. The summed E-state index contributed by atoms with van der Waals surface area (Å²) >= 11 is 0. The lowest BCUT2D eigenvalue weighted by Gasteiger charge is -2.24. The van der Waals surface area contributed by atoms with Crippen molar-refractivity contribution in [3.63, 3.8) is 0 Å². The number of nitrogens with zero attached hydrogens (tertiary/aromatic N) is 1. The molecule has 4 aromatic carbocycles. The Balaban J connectivity index is 1.78. The first-order valence-electron chi connectivity index (χ1n) is 13.4. The zero-order chi connectivity index (χ0) is 27.0.